The zero-order valence-corrected chi connectivity index (χ0v) is 15.9. The topological polar surface area (TPSA) is 82.1 Å². The molecular formula is C20H17ClN4O3. The summed E-state index contributed by atoms with van der Waals surface area (Å²) in [4.78, 5) is 38.9. The van der Waals surface area contributed by atoms with E-state index in [4.69, 9.17) is 11.6 Å². The second-order valence-electron chi connectivity index (χ2n) is 6.64. The number of hydrogen-bond donors (Lipinski definition) is 1. The molecule has 0 spiro atoms. The van der Waals surface area contributed by atoms with E-state index in [1.807, 2.05) is 6.92 Å². The zero-order chi connectivity index (χ0) is 19.8. The van der Waals surface area contributed by atoms with Crippen LogP contribution >= 0.6 is 11.6 Å². The first-order chi connectivity index (χ1) is 13.4. The van der Waals surface area contributed by atoms with Gasteiger partial charge in [-0.1, -0.05) is 29.8 Å². The van der Waals surface area contributed by atoms with Crippen molar-refractivity contribution in [1.82, 2.24) is 0 Å². The summed E-state index contributed by atoms with van der Waals surface area (Å²) >= 11 is 6.17. The number of nitrogens with one attached hydrogen (secondary N) is 1. The Kier molecular flexibility index (Phi) is 4.60. The second-order valence-corrected chi connectivity index (χ2v) is 7.05. The van der Waals surface area contributed by atoms with Crippen molar-refractivity contribution in [3.05, 3.63) is 53.1 Å². The molecule has 2 aliphatic heterocycles. The van der Waals surface area contributed by atoms with Crippen LogP contribution in [0.4, 0.5) is 17.1 Å². The monoisotopic (exact) mass is 396 g/mol. The van der Waals surface area contributed by atoms with Crippen molar-refractivity contribution in [2.75, 3.05) is 21.8 Å². The third-order valence-corrected chi connectivity index (χ3v) is 5.10. The average molecular weight is 397 g/mol. The van der Waals surface area contributed by atoms with Crippen LogP contribution in [-0.2, 0) is 14.4 Å². The lowest BCUT2D eigenvalue weighted by molar-refractivity contribution is -0.119. The molecule has 0 fully saturated rings. The third kappa shape index (κ3) is 3.25. The predicted octanol–water partition coefficient (Wildman–Crippen LogP) is 3.12. The van der Waals surface area contributed by atoms with E-state index in [1.54, 1.807) is 42.5 Å². The quantitative estimate of drug-likeness (QED) is 0.846. The Morgan fingerprint density at radius 3 is 2.71 bits per heavy atom. The summed E-state index contributed by atoms with van der Waals surface area (Å²) in [6.45, 7) is 1.76. The summed E-state index contributed by atoms with van der Waals surface area (Å²) in [7, 11) is 0. The van der Waals surface area contributed by atoms with Gasteiger partial charge < -0.3 is 5.32 Å². The smallest absolute Gasteiger partial charge is 0.275 e. The molecule has 0 unspecified atom stereocenters. The number of nitrogens with zero attached hydrogens (tertiary/aromatic N) is 3. The van der Waals surface area contributed by atoms with Gasteiger partial charge in [-0.15, -0.1) is 0 Å². The molecule has 0 saturated heterocycles. The van der Waals surface area contributed by atoms with Crippen molar-refractivity contribution in [3.63, 3.8) is 0 Å². The highest BCUT2D eigenvalue weighted by Gasteiger charge is 2.33. The summed E-state index contributed by atoms with van der Waals surface area (Å²) in [6.07, 6.45) is 0.367. The maximum absolute atomic E-state index is 13.1. The fraction of sp³-hybridized carbons (Fsp3) is 0.200. The Morgan fingerprint density at radius 2 is 1.93 bits per heavy atom. The number of aryl methyl sites for hydroxylation is 1. The van der Waals surface area contributed by atoms with Gasteiger partial charge in [-0.25, -0.2) is 5.01 Å². The largest absolute Gasteiger partial charge is 0.323 e. The van der Waals surface area contributed by atoms with Crippen LogP contribution in [0.1, 0.15) is 18.4 Å². The van der Waals surface area contributed by atoms with Gasteiger partial charge in [0.25, 0.3) is 5.91 Å². The van der Waals surface area contributed by atoms with Crippen LogP contribution in [0.3, 0.4) is 0 Å². The molecule has 0 radical (unpaired) electrons. The molecule has 2 heterocycles. The van der Waals surface area contributed by atoms with Crippen LogP contribution in [0.25, 0.3) is 0 Å². The van der Waals surface area contributed by atoms with Crippen molar-refractivity contribution in [1.29, 1.82) is 0 Å². The molecule has 0 aromatic heterocycles. The molecule has 7 nitrogen and oxygen atoms in total. The molecule has 0 aliphatic carbocycles. The number of carbonyl (C=O) groups is 3. The lowest BCUT2D eigenvalue weighted by Crippen LogP contribution is -2.47. The van der Waals surface area contributed by atoms with Crippen LogP contribution in [0.2, 0.25) is 5.02 Å². The first-order valence-corrected chi connectivity index (χ1v) is 9.19. The number of hydrogen-bond acceptors (Lipinski definition) is 4. The van der Waals surface area contributed by atoms with Crippen LogP contribution in [0, 0.1) is 6.92 Å². The second kappa shape index (κ2) is 7.09. The number of amides is 3. The Hall–Kier alpha value is -3.19. The predicted molar refractivity (Wildman–Crippen MR) is 108 cm³/mol. The van der Waals surface area contributed by atoms with Gasteiger partial charge in [0.1, 0.15) is 12.3 Å². The molecule has 0 bridgehead atoms. The molecule has 3 amide bonds. The van der Waals surface area contributed by atoms with E-state index in [0.717, 1.165) is 5.56 Å². The summed E-state index contributed by atoms with van der Waals surface area (Å²) in [5, 5.41) is 8.77. The summed E-state index contributed by atoms with van der Waals surface area (Å²) in [5.74, 6) is -0.882. The molecule has 0 atom stereocenters. The molecule has 2 aliphatic rings. The molecule has 28 heavy (non-hydrogen) atoms. The van der Waals surface area contributed by atoms with Crippen LogP contribution in [0.15, 0.2) is 47.6 Å². The third-order valence-electron chi connectivity index (χ3n) is 4.70. The SMILES string of the molecule is Cc1ccc(N2N=C(C(=O)N3CC(=O)Nc4ccccc43)CCC2=O)cc1Cl. The van der Waals surface area contributed by atoms with Gasteiger partial charge in [-0.05, 0) is 36.8 Å². The molecule has 1 N–H and O–H groups in total. The Bertz CT molecular complexity index is 1030. The number of rotatable bonds is 2. The standard InChI is InChI=1S/C20H17ClN4O3/c1-12-6-7-13(10-14(12)21)25-19(27)9-8-16(23-25)20(28)24-11-18(26)22-15-4-2-3-5-17(15)24/h2-7,10H,8-9,11H2,1H3,(H,22,26). The first-order valence-electron chi connectivity index (χ1n) is 8.81. The summed E-state index contributed by atoms with van der Waals surface area (Å²) < 4.78 is 0. The highest BCUT2D eigenvalue weighted by atomic mass is 35.5. The van der Waals surface area contributed by atoms with E-state index in [-0.39, 0.29) is 36.9 Å². The molecule has 8 heteroatoms. The lowest BCUT2D eigenvalue weighted by Gasteiger charge is -2.31. The van der Waals surface area contributed by atoms with Crippen molar-refractivity contribution >= 4 is 52.1 Å². The minimum absolute atomic E-state index is 0.0980. The Morgan fingerprint density at radius 1 is 1.14 bits per heavy atom. The van der Waals surface area contributed by atoms with Crippen LogP contribution < -0.4 is 15.2 Å². The highest BCUT2D eigenvalue weighted by Crippen LogP contribution is 2.30. The van der Waals surface area contributed by atoms with Gasteiger partial charge >= 0.3 is 0 Å². The lowest BCUT2D eigenvalue weighted by atomic mass is 10.1. The van der Waals surface area contributed by atoms with Crippen molar-refractivity contribution in [2.24, 2.45) is 5.10 Å². The van der Waals surface area contributed by atoms with Gasteiger partial charge in [-0.3, -0.25) is 19.3 Å². The number of fused-ring (bicyclic) bond motifs is 1. The highest BCUT2D eigenvalue weighted by molar-refractivity contribution is 6.46. The van der Waals surface area contributed by atoms with E-state index in [2.05, 4.69) is 10.4 Å². The molecular weight excluding hydrogens is 380 g/mol. The Labute approximate surface area is 166 Å². The van der Waals surface area contributed by atoms with Crippen molar-refractivity contribution in [3.8, 4) is 0 Å². The van der Waals surface area contributed by atoms with Crippen molar-refractivity contribution in [2.45, 2.75) is 19.8 Å². The molecule has 0 saturated carbocycles. The maximum atomic E-state index is 13.1. The van der Waals surface area contributed by atoms with E-state index >= 15 is 0 Å². The number of hydrazone groups is 1. The van der Waals surface area contributed by atoms with Gasteiger partial charge in [-0.2, -0.15) is 5.10 Å². The molecule has 4 rings (SSSR count). The van der Waals surface area contributed by atoms with Gasteiger partial charge in [0.2, 0.25) is 11.8 Å². The maximum Gasteiger partial charge on any atom is 0.275 e. The first kappa shape index (κ1) is 18.2. The number of benzene rings is 2. The zero-order valence-electron chi connectivity index (χ0n) is 15.1. The molecule has 2 aromatic carbocycles. The van der Waals surface area contributed by atoms with Crippen LogP contribution in [0.5, 0.6) is 0 Å². The van der Waals surface area contributed by atoms with E-state index in [9.17, 15) is 14.4 Å². The summed E-state index contributed by atoms with van der Waals surface area (Å²) in [5.41, 5.74) is 2.78. The minimum atomic E-state index is -0.391. The number of carbonyl (C=O) groups excluding carboxylic acids is 3. The van der Waals surface area contributed by atoms with E-state index in [0.29, 0.717) is 22.1 Å². The van der Waals surface area contributed by atoms with Gasteiger partial charge in [0.15, 0.2) is 0 Å². The molecule has 142 valence electrons. The number of halogens is 1. The van der Waals surface area contributed by atoms with Gasteiger partial charge in [0, 0.05) is 17.9 Å². The van der Waals surface area contributed by atoms with Gasteiger partial charge in [0.05, 0.1) is 17.1 Å². The average Bonchev–Trinajstić information content (AvgIpc) is 2.69. The fourth-order valence-corrected chi connectivity index (χ4v) is 3.37. The normalized spacial score (nSPS) is 16.4. The van der Waals surface area contributed by atoms with Crippen molar-refractivity contribution < 1.29 is 14.4 Å². The number of para-hydroxylation sites is 2. The number of anilines is 3. The fourth-order valence-electron chi connectivity index (χ4n) is 3.19. The van der Waals surface area contributed by atoms with E-state index in [1.165, 1.54) is 9.91 Å². The minimum Gasteiger partial charge on any atom is -0.323 e. The molecule has 2 aromatic rings. The van der Waals surface area contributed by atoms with E-state index < -0.39 is 5.91 Å². The van der Waals surface area contributed by atoms with Crippen LogP contribution in [-0.4, -0.2) is 30.0 Å². The summed E-state index contributed by atoms with van der Waals surface area (Å²) in [6, 6.07) is 12.3. The Balaban J connectivity index is 1.68.